The fourth-order valence-corrected chi connectivity index (χ4v) is 1.40. The second-order valence-corrected chi connectivity index (χ2v) is 3.51. The lowest BCUT2D eigenvalue weighted by atomic mass is 10.1. The first-order chi connectivity index (χ1) is 5.59. The molecule has 1 aliphatic carbocycles. The Hall–Kier alpha value is -0.630. The highest BCUT2D eigenvalue weighted by Crippen LogP contribution is 2.55. The van der Waals surface area contributed by atoms with E-state index >= 15 is 0 Å². The lowest BCUT2D eigenvalue weighted by molar-refractivity contribution is 0.112. The van der Waals surface area contributed by atoms with Gasteiger partial charge in [0.1, 0.15) is 0 Å². The zero-order chi connectivity index (χ0) is 8.77. The predicted molar refractivity (Wildman–Crippen MR) is 43.8 cm³/mol. The Morgan fingerprint density at radius 2 is 1.75 bits per heavy atom. The Balaban J connectivity index is 2.21. The maximum atomic E-state index is 12.5. The lowest BCUT2D eigenvalue weighted by Gasteiger charge is -1.98. The van der Waals surface area contributed by atoms with E-state index in [9.17, 15) is 8.78 Å². The third kappa shape index (κ3) is 1.31. The van der Waals surface area contributed by atoms with Crippen LogP contribution in [0.15, 0.2) is 24.3 Å². The van der Waals surface area contributed by atoms with Crippen LogP contribution < -0.4 is 0 Å². The number of halogens is 3. The van der Waals surface area contributed by atoms with Gasteiger partial charge in [0.25, 0.3) is 5.92 Å². The monoisotopic (exact) mass is 188 g/mol. The van der Waals surface area contributed by atoms with Crippen molar-refractivity contribution >= 4 is 11.6 Å². The second kappa shape index (κ2) is 2.43. The molecule has 0 bridgehead atoms. The Morgan fingerprint density at radius 3 is 2.17 bits per heavy atom. The van der Waals surface area contributed by atoms with Crippen molar-refractivity contribution < 1.29 is 8.78 Å². The normalized spacial score (nSPS) is 25.4. The van der Waals surface area contributed by atoms with Crippen LogP contribution in [0, 0.1) is 0 Å². The molecular weight excluding hydrogens is 182 g/mol. The average Bonchev–Trinajstić information content (AvgIpc) is 2.61. The van der Waals surface area contributed by atoms with Gasteiger partial charge in [0.2, 0.25) is 0 Å². The Morgan fingerprint density at radius 1 is 1.25 bits per heavy atom. The van der Waals surface area contributed by atoms with Crippen LogP contribution in [0.25, 0.3) is 0 Å². The Kier molecular flexibility index (Phi) is 1.62. The van der Waals surface area contributed by atoms with E-state index in [0.717, 1.165) is 0 Å². The summed E-state index contributed by atoms with van der Waals surface area (Å²) in [6, 6.07) is 6.61. The molecule has 2 rings (SSSR count). The smallest absolute Gasteiger partial charge is 0.206 e. The van der Waals surface area contributed by atoms with Gasteiger partial charge in [-0.3, -0.25) is 0 Å². The quantitative estimate of drug-likeness (QED) is 0.633. The van der Waals surface area contributed by atoms with Crippen LogP contribution in [0.4, 0.5) is 8.78 Å². The van der Waals surface area contributed by atoms with Crippen molar-refractivity contribution in [3.63, 3.8) is 0 Å². The molecule has 0 amide bonds. The van der Waals surface area contributed by atoms with Gasteiger partial charge < -0.3 is 0 Å². The molecule has 1 atom stereocenters. The number of benzene rings is 1. The van der Waals surface area contributed by atoms with Gasteiger partial charge >= 0.3 is 0 Å². The second-order valence-electron chi connectivity index (χ2n) is 3.07. The zero-order valence-electron chi connectivity index (χ0n) is 6.23. The summed E-state index contributed by atoms with van der Waals surface area (Å²) in [7, 11) is 0. The van der Waals surface area contributed by atoms with E-state index in [1.807, 2.05) is 0 Å². The first kappa shape index (κ1) is 7.99. The molecule has 1 fully saturated rings. The van der Waals surface area contributed by atoms with E-state index in [4.69, 9.17) is 11.6 Å². The van der Waals surface area contributed by atoms with E-state index in [2.05, 4.69) is 0 Å². The van der Waals surface area contributed by atoms with Crippen LogP contribution in [-0.2, 0) is 0 Å². The zero-order valence-corrected chi connectivity index (χ0v) is 6.98. The predicted octanol–water partition coefficient (Wildman–Crippen LogP) is 3.46. The van der Waals surface area contributed by atoms with E-state index in [1.54, 1.807) is 24.3 Å². The fraction of sp³-hybridized carbons (Fsp3) is 0.333. The molecule has 3 heteroatoms. The van der Waals surface area contributed by atoms with Crippen molar-refractivity contribution in [2.45, 2.75) is 18.3 Å². The first-order valence-electron chi connectivity index (χ1n) is 3.73. The van der Waals surface area contributed by atoms with Crippen molar-refractivity contribution in [3.05, 3.63) is 34.9 Å². The van der Waals surface area contributed by atoms with Gasteiger partial charge in [-0.2, -0.15) is 0 Å². The molecule has 1 saturated carbocycles. The molecule has 1 unspecified atom stereocenters. The van der Waals surface area contributed by atoms with Crippen LogP contribution in [0.1, 0.15) is 17.9 Å². The van der Waals surface area contributed by atoms with E-state index < -0.39 is 11.8 Å². The molecule has 1 aromatic carbocycles. The summed E-state index contributed by atoms with van der Waals surface area (Å²) in [4.78, 5) is 0. The van der Waals surface area contributed by atoms with E-state index in [0.29, 0.717) is 10.6 Å². The summed E-state index contributed by atoms with van der Waals surface area (Å²) in [5.74, 6) is -3.05. The van der Waals surface area contributed by atoms with Crippen LogP contribution in [0.3, 0.4) is 0 Å². The van der Waals surface area contributed by atoms with E-state index in [1.165, 1.54) is 0 Å². The summed E-state index contributed by atoms with van der Waals surface area (Å²) in [6.07, 6.45) is -0.0192. The molecule has 0 saturated heterocycles. The SMILES string of the molecule is FC1(F)CC1c1ccc(Cl)cc1. The number of hydrogen-bond acceptors (Lipinski definition) is 0. The van der Waals surface area contributed by atoms with Gasteiger partial charge in [-0.1, -0.05) is 23.7 Å². The van der Waals surface area contributed by atoms with Crippen LogP contribution in [0.2, 0.25) is 5.02 Å². The topological polar surface area (TPSA) is 0 Å². The molecule has 0 aliphatic heterocycles. The number of alkyl halides is 2. The number of rotatable bonds is 1. The van der Waals surface area contributed by atoms with Crippen molar-refractivity contribution in [1.82, 2.24) is 0 Å². The maximum absolute atomic E-state index is 12.5. The Bertz CT molecular complexity index is 292. The molecule has 64 valence electrons. The molecular formula is C9H7ClF2. The van der Waals surface area contributed by atoms with Crippen molar-refractivity contribution in [2.75, 3.05) is 0 Å². The third-order valence-corrected chi connectivity index (χ3v) is 2.35. The minimum Gasteiger partial charge on any atom is -0.206 e. The van der Waals surface area contributed by atoms with Crippen LogP contribution >= 0.6 is 11.6 Å². The molecule has 0 aromatic heterocycles. The minimum atomic E-state index is -2.48. The largest absolute Gasteiger partial charge is 0.255 e. The highest BCUT2D eigenvalue weighted by Gasteiger charge is 2.57. The molecule has 0 N–H and O–H groups in total. The highest BCUT2D eigenvalue weighted by molar-refractivity contribution is 6.30. The Labute approximate surface area is 74.2 Å². The molecule has 0 nitrogen and oxygen atoms in total. The maximum Gasteiger partial charge on any atom is 0.255 e. The summed E-state index contributed by atoms with van der Waals surface area (Å²) in [5.41, 5.74) is 0.685. The molecule has 12 heavy (non-hydrogen) atoms. The van der Waals surface area contributed by atoms with Crippen molar-refractivity contribution in [2.24, 2.45) is 0 Å². The van der Waals surface area contributed by atoms with Crippen molar-refractivity contribution in [3.8, 4) is 0 Å². The summed E-state index contributed by atoms with van der Waals surface area (Å²) in [6.45, 7) is 0. The summed E-state index contributed by atoms with van der Waals surface area (Å²) in [5, 5.41) is 0.586. The van der Waals surface area contributed by atoms with Gasteiger partial charge in [-0.05, 0) is 17.7 Å². The van der Waals surface area contributed by atoms with Gasteiger partial charge in [0.15, 0.2) is 0 Å². The minimum absolute atomic E-state index is 0.0192. The highest BCUT2D eigenvalue weighted by atomic mass is 35.5. The average molecular weight is 189 g/mol. The van der Waals surface area contributed by atoms with Gasteiger partial charge in [0, 0.05) is 11.4 Å². The van der Waals surface area contributed by atoms with Crippen molar-refractivity contribution in [1.29, 1.82) is 0 Å². The van der Waals surface area contributed by atoms with Gasteiger partial charge in [-0.25, -0.2) is 8.78 Å². The molecule has 0 heterocycles. The van der Waals surface area contributed by atoms with Crippen LogP contribution in [0.5, 0.6) is 0 Å². The molecule has 1 aromatic rings. The fourth-order valence-electron chi connectivity index (χ4n) is 1.27. The summed E-state index contributed by atoms with van der Waals surface area (Å²) >= 11 is 5.62. The standard InChI is InChI=1S/C9H7ClF2/c10-7-3-1-6(2-4-7)8-5-9(8,11)12/h1-4,8H,5H2. The van der Waals surface area contributed by atoms with Gasteiger partial charge in [-0.15, -0.1) is 0 Å². The lowest BCUT2D eigenvalue weighted by Crippen LogP contribution is -1.91. The number of hydrogen-bond donors (Lipinski definition) is 0. The molecule has 0 radical (unpaired) electrons. The molecule has 1 aliphatic rings. The van der Waals surface area contributed by atoms with Gasteiger partial charge in [0.05, 0.1) is 5.92 Å². The first-order valence-corrected chi connectivity index (χ1v) is 4.11. The summed E-state index contributed by atoms with van der Waals surface area (Å²) < 4.78 is 25.1. The molecule has 0 spiro atoms. The van der Waals surface area contributed by atoms with E-state index in [-0.39, 0.29) is 6.42 Å². The van der Waals surface area contributed by atoms with Crippen LogP contribution in [-0.4, -0.2) is 5.92 Å². The third-order valence-electron chi connectivity index (χ3n) is 2.10.